The summed E-state index contributed by atoms with van der Waals surface area (Å²) in [5, 5.41) is 11.4. The van der Waals surface area contributed by atoms with Crippen LogP contribution in [0.5, 0.6) is 0 Å². The molecule has 8 heteroatoms. The number of anilines is 1. The summed E-state index contributed by atoms with van der Waals surface area (Å²) in [4.78, 5) is 23.1. The molecule has 1 heterocycles. The van der Waals surface area contributed by atoms with Gasteiger partial charge >= 0.3 is 0 Å². The van der Waals surface area contributed by atoms with E-state index in [1.807, 2.05) is 0 Å². The van der Waals surface area contributed by atoms with Gasteiger partial charge in [0.2, 0.25) is 11.8 Å². The molecule has 0 aliphatic carbocycles. The molecular formula is C11H9ClFN3O2S. The molecule has 0 radical (unpaired) electrons. The maximum Gasteiger partial charge on any atom is 0.238 e. The number of amides is 2. The van der Waals surface area contributed by atoms with Gasteiger partial charge < -0.3 is 10.6 Å². The number of amidine groups is 1. The van der Waals surface area contributed by atoms with Crippen molar-refractivity contribution in [2.45, 2.75) is 11.7 Å². The highest BCUT2D eigenvalue weighted by Gasteiger charge is 2.29. The number of carbonyl (C=O) groups excluding carboxylic acids is 2. The standard InChI is InChI=1S/C11H9ClFN3O2S/c12-6-3-5(1-2-7(6)13)15-10(18)8-4-9(17)16-11(14)19-8/h1-3,8H,4H2,(H,15,18)(H2,14,16,17). The first-order valence-electron chi connectivity index (χ1n) is 5.26. The van der Waals surface area contributed by atoms with Gasteiger partial charge in [-0.3, -0.25) is 15.0 Å². The van der Waals surface area contributed by atoms with Crippen molar-refractivity contribution in [2.24, 2.45) is 0 Å². The number of thioether (sulfide) groups is 1. The highest BCUT2D eigenvalue weighted by molar-refractivity contribution is 8.15. The maximum absolute atomic E-state index is 13.0. The predicted molar refractivity (Wildman–Crippen MR) is 71.9 cm³/mol. The fraction of sp³-hybridized carbons (Fsp3) is 0.182. The van der Waals surface area contributed by atoms with Gasteiger partial charge in [-0.05, 0) is 18.2 Å². The topological polar surface area (TPSA) is 82.1 Å². The lowest BCUT2D eigenvalue weighted by Crippen LogP contribution is -2.41. The lowest BCUT2D eigenvalue weighted by Gasteiger charge is -2.21. The minimum absolute atomic E-state index is 0.00614. The summed E-state index contributed by atoms with van der Waals surface area (Å²) in [5.41, 5.74) is 0.342. The first-order chi connectivity index (χ1) is 8.95. The van der Waals surface area contributed by atoms with Crippen LogP contribution < -0.4 is 10.6 Å². The van der Waals surface area contributed by atoms with Crippen LogP contribution in [0.25, 0.3) is 0 Å². The van der Waals surface area contributed by atoms with Crippen molar-refractivity contribution < 1.29 is 14.0 Å². The Morgan fingerprint density at radius 1 is 1.58 bits per heavy atom. The Balaban J connectivity index is 2.06. The number of carbonyl (C=O) groups is 2. The Morgan fingerprint density at radius 3 is 2.95 bits per heavy atom. The summed E-state index contributed by atoms with van der Waals surface area (Å²) in [5.74, 6) is -1.37. The molecule has 1 atom stereocenters. The zero-order valence-corrected chi connectivity index (χ0v) is 11.1. The van der Waals surface area contributed by atoms with E-state index in [1.54, 1.807) is 0 Å². The summed E-state index contributed by atoms with van der Waals surface area (Å²) in [7, 11) is 0. The Kier molecular flexibility index (Phi) is 4.06. The van der Waals surface area contributed by atoms with E-state index in [0.717, 1.165) is 17.8 Å². The largest absolute Gasteiger partial charge is 0.325 e. The van der Waals surface area contributed by atoms with Crippen molar-refractivity contribution in [3.63, 3.8) is 0 Å². The fourth-order valence-electron chi connectivity index (χ4n) is 1.50. The molecule has 0 spiro atoms. The van der Waals surface area contributed by atoms with E-state index in [2.05, 4.69) is 10.6 Å². The van der Waals surface area contributed by atoms with Crippen LogP contribution in [0.4, 0.5) is 10.1 Å². The molecule has 1 unspecified atom stereocenters. The van der Waals surface area contributed by atoms with Crippen LogP contribution in [0.3, 0.4) is 0 Å². The molecule has 2 rings (SSSR count). The van der Waals surface area contributed by atoms with Crippen molar-refractivity contribution in [2.75, 3.05) is 5.32 Å². The van der Waals surface area contributed by atoms with Crippen molar-refractivity contribution in [1.82, 2.24) is 5.32 Å². The van der Waals surface area contributed by atoms with Gasteiger partial charge in [0.1, 0.15) is 11.1 Å². The average Bonchev–Trinajstić information content (AvgIpc) is 2.32. The van der Waals surface area contributed by atoms with Crippen LogP contribution in [0.15, 0.2) is 18.2 Å². The van der Waals surface area contributed by atoms with E-state index in [4.69, 9.17) is 17.0 Å². The van der Waals surface area contributed by atoms with Crippen LogP contribution in [0.2, 0.25) is 5.02 Å². The fourth-order valence-corrected chi connectivity index (χ4v) is 2.54. The molecule has 19 heavy (non-hydrogen) atoms. The molecule has 1 aromatic rings. The van der Waals surface area contributed by atoms with Crippen LogP contribution in [-0.2, 0) is 9.59 Å². The third kappa shape index (κ3) is 3.45. The molecule has 0 saturated carbocycles. The van der Waals surface area contributed by atoms with Crippen molar-refractivity contribution >= 4 is 46.0 Å². The van der Waals surface area contributed by atoms with Crippen LogP contribution in [0, 0.1) is 11.2 Å². The normalized spacial score (nSPS) is 18.9. The number of halogens is 2. The number of rotatable bonds is 2. The molecule has 5 nitrogen and oxygen atoms in total. The van der Waals surface area contributed by atoms with Gasteiger partial charge in [0.25, 0.3) is 0 Å². The van der Waals surface area contributed by atoms with Gasteiger partial charge in [0.15, 0.2) is 5.17 Å². The summed E-state index contributed by atoms with van der Waals surface area (Å²) < 4.78 is 13.0. The minimum atomic E-state index is -0.676. The first-order valence-corrected chi connectivity index (χ1v) is 6.52. The summed E-state index contributed by atoms with van der Waals surface area (Å²) in [6.45, 7) is 0. The Bertz CT molecular complexity index is 551. The third-order valence-corrected chi connectivity index (χ3v) is 3.66. The maximum atomic E-state index is 13.0. The van der Waals surface area contributed by atoms with E-state index >= 15 is 0 Å². The van der Waals surface area contributed by atoms with Crippen LogP contribution >= 0.6 is 23.4 Å². The Morgan fingerprint density at radius 2 is 2.32 bits per heavy atom. The molecule has 1 aliphatic rings. The van der Waals surface area contributed by atoms with Crippen LogP contribution in [0.1, 0.15) is 6.42 Å². The molecule has 1 aromatic carbocycles. The SMILES string of the molecule is N=C1NC(=O)CC(C(=O)Nc2ccc(F)c(Cl)c2)S1. The van der Waals surface area contributed by atoms with Crippen molar-refractivity contribution in [3.05, 3.63) is 29.0 Å². The van der Waals surface area contributed by atoms with Crippen molar-refractivity contribution in [1.29, 1.82) is 5.41 Å². The molecule has 1 fully saturated rings. The molecular weight excluding hydrogens is 293 g/mol. The van der Waals surface area contributed by atoms with Gasteiger partial charge in [0.05, 0.1) is 5.02 Å². The van der Waals surface area contributed by atoms with E-state index in [9.17, 15) is 14.0 Å². The predicted octanol–water partition coefficient (Wildman–Crippen LogP) is 1.97. The molecule has 3 N–H and O–H groups in total. The van der Waals surface area contributed by atoms with E-state index in [0.29, 0.717) is 5.69 Å². The highest BCUT2D eigenvalue weighted by Crippen LogP contribution is 2.23. The van der Waals surface area contributed by atoms with Gasteiger partial charge in [-0.1, -0.05) is 23.4 Å². The zero-order chi connectivity index (χ0) is 14.0. The average molecular weight is 302 g/mol. The Labute approximate surface area is 117 Å². The van der Waals surface area contributed by atoms with Gasteiger partial charge in [-0.25, -0.2) is 4.39 Å². The van der Waals surface area contributed by atoms with Crippen LogP contribution in [-0.4, -0.2) is 22.2 Å². The molecule has 1 saturated heterocycles. The second-order valence-electron chi connectivity index (χ2n) is 3.81. The zero-order valence-electron chi connectivity index (χ0n) is 9.50. The monoisotopic (exact) mass is 301 g/mol. The molecule has 2 amide bonds. The highest BCUT2D eigenvalue weighted by atomic mass is 35.5. The van der Waals surface area contributed by atoms with E-state index in [1.165, 1.54) is 12.1 Å². The molecule has 100 valence electrons. The first kappa shape index (κ1) is 13.8. The molecule has 0 bridgehead atoms. The quantitative estimate of drug-likeness (QED) is 0.781. The lowest BCUT2D eigenvalue weighted by atomic mass is 10.2. The minimum Gasteiger partial charge on any atom is -0.325 e. The number of benzene rings is 1. The van der Waals surface area contributed by atoms with Gasteiger partial charge in [-0.15, -0.1) is 0 Å². The van der Waals surface area contributed by atoms with E-state index < -0.39 is 17.0 Å². The molecule has 1 aliphatic heterocycles. The third-order valence-electron chi connectivity index (χ3n) is 2.36. The summed E-state index contributed by atoms with van der Waals surface area (Å²) in [6, 6.07) is 3.80. The van der Waals surface area contributed by atoms with Gasteiger partial charge in [-0.2, -0.15) is 0 Å². The lowest BCUT2D eigenvalue weighted by molar-refractivity contribution is -0.123. The summed E-state index contributed by atoms with van der Waals surface area (Å²) >= 11 is 6.56. The smallest absolute Gasteiger partial charge is 0.238 e. The van der Waals surface area contributed by atoms with Crippen molar-refractivity contribution in [3.8, 4) is 0 Å². The van der Waals surface area contributed by atoms with E-state index in [-0.39, 0.29) is 22.5 Å². The number of hydrogen-bond acceptors (Lipinski definition) is 4. The number of hydrogen-bond donors (Lipinski definition) is 3. The second-order valence-corrected chi connectivity index (χ2v) is 5.43. The Hall–Kier alpha value is -1.60. The number of nitrogens with one attached hydrogen (secondary N) is 3. The second kappa shape index (κ2) is 5.58. The summed E-state index contributed by atoms with van der Waals surface area (Å²) in [6.07, 6.45) is -0.00614. The molecule has 0 aromatic heterocycles. The van der Waals surface area contributed by atoms with Gasteiger partial charge in [0, 0.05) is 12.1 Å².